The first-order valence-corrected chi connectivity index (χ1v) is 11.6. The van der Waals surface area contributed by atoms with Gasteiger partial charge in [0.15, 0.2) is 23.4 Å². The van der Waals surface area contributed by atoms with Crippen LogP contribution in [0.15, 0.2) is 12.1 Å². The Labute approximate surface area is 193 Å². The molecule has 0 aliphatic carbocycles. The Bertz CT molecular complexity index is 716. The van der Waals surface area contributed by atoms with Crippen LogP contribution in [0.1, 0.15) is 77.7 Å². The van der Waals surface area contributed by atoms with Crippen molar-refractivity contribution in [2.24, 2.45) is 0 Å². The summed E-state index contributed by atoms with van der Waals surface area (Å²) in [6.07, 6.45) is 7.65. The average molecular weight is 532 g/mol. The second kappa shape index (κ2) is 14.4. The van der Waals surface area contributed by atoms with Gasteiger partial charge in [-0.25, -0.2) is 0 Å². The van der Waals surface area contributed by atoms with Crippen molar-refractivity contribution in [2.75, 3.05) is 7.11 Å². The van der Waals surface area contributed by atoms with Crippen molar-refractivity contribution in [1.82, 2.24) is 0 Å². The molecule has 1 rings (SSSR count). The normalized spacial score (nSPS) is 11.6. The Morgan fingerprint density at radius 2 is 1.57 bits per heavy atom. The van der Waals surface area contributed by atoms with Crippen molar-refractivity contribution >= 4 is 40.3 Å². The molecule has 0 saturated carbocycles. The van der Waals surface area contributed by atoms with E-state index in [0.717, 1.165) is 28.4 Å². The molecule has 0 bridgehead atoms. The molecule has 0 aliphatic rings. The largest absolute Gasteiger partial charge is 0.493 e. The fraction of sp³-hybridized carbons (Fsp3) is 0.609. The van der Waals surface area contributed by atoms with Crippen molar-refractivity contribution in [1.29, 1.82) is 0 Å². The number of ketones is 1. The number of benzene rings is 1. The number of carbonyl (C=O) groups is 3. The van der Waals surface area contributed by atoms with Crippen LogP contribution in [0.5, 0.6) is 11.5 Å². The van der Waals surface area contributed by atoms with Crippen molar-refractivity contribution in [3.05, 3.63) is 21.3 Å². The van der Waals surface area contributed by atoms with Crippen LogP contribution in [0, 0.1) is 3.57 Å². The third-order valence-electron chi connectivity index (χ3n) is 4.69. The van der Waals surface area contributed by atoms with E-state index in [2.05, 4.69) is 29.5 Å². The summed E-state index contributed by atoms with van der Waals surface area (Å²) in [5, 5.41) is 0. The van der Waals surface area contributed by atoms with Crippen LogP contribution in [0.4, 0.5) is 0 Å². The van der Waals surface area contributed by atoms with E-state index in [0.29, 0.717) is 17.9 Å². The number of hydrogen-bond donors (Lipinski definition) is 0. The van der Waals surface area contributed by atoms with Crippen molar-refractivity contribution in [2.45, 2.75) is 84.7 Å². The van der Waals surface area contributed by atoms with E-state index < -0.39 is 18.0 Å². The van der Waals surface area contributed by atoms with Gasteiger partial charge in [0.25, 0.3) is 0 Å². The second-order valence-electron chi connectivity index (χ2n) is 7.33. The quantitative estimate of drug-likeness (QED) is 0.138. The van der Waals surface area contributed by atoms with E-state index in [9.17, 15) is 14.4 Å². The number of esters is 2. The molecule has 0 heterocycles. The number of rotatable bonds is 14. The molecule has 0 N–H and O–H groups in total. The van der Waals surface area contributed by atoms with Gasteiger partial charge >= 0.3 is 11.9 Å². The minimum absolute atomic E-state index is 0.0717. The molecule has 0 amide bonds. The van der Waals surface area contributed by atoms with Crippen molar-refractivity contribution in [3.8, 4) is 11.5 Å². The lowest BCUT2D eigenvalue weighted by Gasteiger charge is -2.18. The lowest BCUT2D eigenvalue weighted by molar-refractivity contribution is -0.153. The van der Waals surface area contributed by atoms with Crippen LogP contribution >= 0.6 is 22.6 Å². The Kier molecular flexibility index (Phi) is 12.7. The molecule has 0 aliphatic heterocycles. The van der Waals surface area contributed by atoms with E-state index in [1.807, 2.05) is 0 Å². The van der Waals surface area contributed by atoms with Crippen LogP contribution in [0.2, 0.25) is 0 Å². The maximum atomic E-state index is 12.7. The molecule has 1 unspecified atom stereocenters. The number of hydrogen-bond acceptors (Lipinski definition) is 6. The first-order valence-electron chi connectivity index (χ1n) is 10.5. The molecular weight excluding hydrogens is 499 g/mol. The van der Waals surface area contributed by atoms with Crippen molar-refractivity contribution in [3.63, 3.8) is 0 Å². The molecule has 6 nitrogen and oxygen atoms in total. The van der Waals surface area contributed by atoms with E-state index in [1.165, 1.54) is 46.6 Å². The zero-order valence-electron chi connectivity index (χ0n) is 18.4. The van der Waals surface area contributed by atoms with E-state index >= 15 is 0 Å². The third-order valence-corrected chi connectivity index (χ3v) is 5.69. The van der Waals surface area contributed by atoms with E-state index in [4.69, 9.17) is 14.2 Å². The highest BCUT2D eigenvalue weighted by Crippen LogP contribution is 2.32. The van der Waals surface area contributed by atoms with E-state index in [-0.39, 0.29) is 12.2 Å². The summed E-state index contributed by atoms with van der Waals surface area (Å²) in [5.41, 5.74) is 0.794. The maximum absolute atomic E-state index is 12.7. The number of methoxy groups -OCH3 is 1. The van der Waals surface area contributed by atoms with Gasteiger partial charge in [-0.05, 0) is 46.7 Å². The molecule has 0 saturated heterocycles. The third kappa shape index (κ3) is 9.91. The summed E-state index contributed by atoms with van der Waals surface area (Å²) in [5.74, 6) is -0.290. The Morgan fingerprint density at radius 1 is 0.933 bits per heavy atom. The van der Waals surface area contributed by atoms with Gasteiger partial charge in [0, 0.05) is 30.3 Å². The number of Topliss-reactive ketones (excluding diaryl/α,β-unsaturated/α-hetero) is 1. The predicted molar refractivity (Wildman–Crippen MR) is 124 cm³/mol. The molecule has 1 aromatic carbocycles. The minimum atomic E-state index is -0.833. The average Bonchev–Trinajstić information content (AvgIpc) is 2.67. The highest BCUT2D eigenvalue weighted by atomic mass is 127. The van der Waals surface area contributed by atoms with Crippen LogP contribution in [0.3, 0.4) is 0 Å². The molecule has 1 atom stereocenters. The monoisotopic (exact) mass is 532 g/mol. The molecule has 0 radical (unpaired) electrons. The topological polar surface area (TPSA) is 78.9 Å². The zero-order chi connectivity index (χ0) is 22.5. The molecule has 0 aromatic heterocycles. The van der Waals surface area contributed by atoms with Crippen LogP contribution in [-0.2, 0) is 25.5 Å². The van der Waals surface area contributed by atoms with Gasteiger partial charge in [-0.2, -0.15) is 0 Å². The predicted octanol–water partition coefficient (Wildman–Crippen LogP) is 5.41. The van der Waals surface area contributed by atoms with Crippen molar-refractivity contribution < 1.29 is 28.6 Å². The summed E-state index contributed by atoms with van der Waals surface area (Å²) < 4.78 is 16.6. The van der Waals surface area contributed by atoms with Gasteiger partial charge in [0.1, 0.15) is 0 Å². The summed E-state index contributed by atoms with van der Waals surface area (Å²) in [6.45, 7) is 4.82. The Morgan fingerprint density at radius 3 is 2.13 bits per heavy atom. The second-order valence-corrected chi connectivity index (χ2v) is 8.49. The molecule has 7 heteroatoms. The fourth-order valence-electron chi connectivity index (χ4n) is 3.17. The fourth-order valence-corrected chi connectivity index (χ4v) is 3.83. The van der Waals surface area contributed by atoms with Crippen LogP contribution in [0.25, 0.3) is 0 Å². The van der Waals surface area contributed by atoms with Gasteiger partial charge in [-0.15, -0.1) is 0 Å². The summed E-state index contributed by atoms with van der Waals surface area (Å²) >= 11 is 2.11. The number of halogens is 1. The first-order chi connectivity index (χ1) is 14.3. The summed E-state index contributed by atoms with van der Waals surface area (Å²) in [7, 11) is 1.48. The van der Waals surface area contributed by atoms with Gasteiger partial charge < -0.3 is 14.2 Å². The highest BCUT2D eigenvalue weighted by molar-refractivity contribution is 14.1. The molecular formula is C23H33IO6. The standard InChI is InChI=1S/C23H33IO6/c1-5-6-7-8-9-10-11-12-20(27)21(29-16(2)25)13-18-14-22(28-4)23(15-19(18)24)30-17(3)26/h14-15,21H,5-13H2,1-4H3. The van der Waals surface area contributed by atoms with Crippen LogP contribution < -0.4 is 9.47 Å². The molecule has 168 valence electrons. The minimum Gasteiger partial charge on any atom is -0.493 e. The summed E-state index contributed by atoms with van der Waals surface area (Å²) in [6, 6.07) is 3.40. The molecule has 0 fully saturated rings. The smallest absolute Gasteiger partial charge is 0.308 e. The Hall–Kier alpha value is -1.64. The lowest BCUT2D eigenvalue weighted by atomic mass is 9.99. The molecule has 0 spiro atoms. The molecule has 30 heavy (non-hydrogen) atoms. The zero-order valence-corrected chi connectivity index (χ0v) is 20.6. The Balaban J connectivity index is 2.78. The van der Waals surface area contributed by atoms with Gasteiger partial charge in [0.2, 0.25) is 0 Å². The highest BCUT2D eigenvalue weighted by Gasteiger charge is 2.24. The molecule has 1 aromatic rings. The van der Waals surface area contributed by atoms with Crippen LogP contribution in [-0.4, -0.2) is 30.9 Å². The SMILES string of the molecule is CCCCCCCCCC(=O)C(Cc1cc(OC)c(OC(C)=O)cc1I)OC(C)=O. The summed E-state index contributed by atoms with van der Waals surface area (Å²) in [4.78, 5) is 35.5. The number of unbranched alkanes of at least 4 members (excludes halogenated alkanes) is 6. The van der Waals surface area contributed by atoms with Gasteiger partial charge in [-0.3, -0.25) is 14.4 Å². The number of carbonyl (C=O) groups excluding carboxylic acids is 3. The lowest BCUT2D eigenvalue weighted by Crippen LogP contribution is -2.29. The number of ether oxygens (including phenoxy) is 3. The first kappa shape index (κ1) is 26.4. The van der Waals surface area contributed by atoms with Gasteiger partial charge in [-0.1, -0.05) is 45.4 Å². The van der Waals surface area contributed by atoms with Gasteiger partial charge in [0.05, 0.1) is 7.11 Å². The van der Waals surface area contributed by atoms with E-state index in [1.54, 1.807) is 12.1 Å². The maximum Gasteiger partial charge on any atom is 0.308 e.